The molecule has 0 rings (SSSR count). The van der Waals surface area contributed by atoms with E-state index in [0.717, 1.165) is 0 Å². The summed E-state index contributed by atoms with van der Waals surface area (Å²) in [6.45, 7) is 13.8. The van der Waals surface area contributed by atoms with Crippen molar-refractivity contribution in [3.63, 3.8) is 0 Å². The Morgan fingerprint density at radius 1 is 0.950 bits per heavy atom. The number of rotatable bonds is 6. The topological polar surface area (TPSA) is 70.2 Å². The minimum absolute atomic E-state index is 0.0456. The summed E-state index contributed by atoms with van der Waals surface area (Å²) in [6, 6.07) is 0. The highest BCUT2D eigenvalue weighted by Gasteiger charge is 2.41. The van der Waals surface area contributed by atoms with Crippen molar-refractivity contribution >= 4 is 11.8 Å². The highest BCUT2D eigenvalue weighted by Crippen LogP contribution is 2.29. The van der Waals surface area contributed by atoms with E-state index in [-0.39, 0.29) is 17.4 Å². The van der Waals surface area contributed by atoms with Gasteiger partial charge in [0.05, 0.1) is 5.54 Å². The Labute approximate surface area is 123 Å². The van der Waals surface area contributed by atoms with E-state index in [1.165, 1.54) is 0 Å². The minimum Gasteiger partial charge on any atom is -0.355 e. The Bertz CT molecular complexity index is 359. The fourth-order valence-electron chi connectivity index (χ4n) is 2.11. The second kappa shape index (κ2) is 6.57. The lowest BCUT2D eigenvalue weighted by molar-refractivity contribution is -0.134. The van der Waals surface area contributed by atoms with Gasteiger partial charge in [0.1, 0.15) is 0 Å². The monoisotopic (exact) mass is 285 g/mol. The van der Waals surface area contributed by atoms with Crippen LogP contribution in [-0.4, -0.2) is 36.5 Å². The van der Waals surface area contributed by atoms with Gasteiger partial charge < -0.3 is 16.0 Å². The average Bonchev–Trinajstić information content (AvgIpc) is 2.26. The molecule has 0 aliphatic heterocycles. The Kier molecular flexibility index (Phi) is 6.21. The van der Waals surface area contributed by atoms with Gasteiger partial charge in [-0.3, -0.25) is 9.59 Å². The van der Waals surface area contributed by atoms with E-state index in [1.807, 2.05) is 48.5 Å². The van der Waals surface area contributed by atoms with Gasteiger partial charge in [-0.2, -0.15) is 0 Å². The predicted octanol–water partition coefficient (Wildman–Crippen LogP) is 1.43. The molecule has 0 saturated carbocycles. The van der Waals surface area contributed by atoms with Crippen LogP contribution in [0.2, 0.25) is 0 Å². The number of carbonyl (C=O) groups excluding carboxylic acids is 2. The summed E-state index contributed by atoms with van der Waals surface area (Å²) >= 11 is 0. The Morgan fingerprint density at radius 3 is 1.80 bits per heavy atom. The number of hydrogen-bond acceptors (Lipinski definition) is 3. The highest BCUT2D eigenvalue weighted by atomic mass is 16.2. The molecule has 5 heteroatoms. The molecule has 0 bridgehead atoms. The van der Waals surface area contributed by atoms with Gasteiger partial charge >= 0.3 is 0 Å². The highest BCUT2D eigenvalue weighted by molar-refractivity contribution is 5.88. The van der Waals surface area contributed by atoms with Crippen LogP contribution in [0, 0.1) is 5.41 Å². The van der Waals surface area contributed by atoms with Crippen LogP contribution in [0.25, 0.3) is 0 Å². The maximum Gasteiger partial charge on any atom is 0.240 e. The van der Waals surface area contributed by atoms with Crippen molar-refractivity contribution in [1.29, 1.82) is 0 Å². The van der Waals surface area contributed by atoms with Crippen LogP contribution in [0.15, 0.2) is 0 Å². The molecular formula is C15H31N3O2. The van der Waals surface area contributed by atoms with Crippen LogP contribution in [-0.2, 0) is 9.59 Å². The predicted molar refractivity (Wildman–Crippen MR) is 82.4 cm³/mol. The van der Waals surface area contributed by atoms with Gasteiger partial charge in [-0.15, -0.1) is 0 Å². The fraction of sp³-hybridized carbons (Fsp3) is 0.867. The van der Waals surface area contributed by atoms with Gasteiger partial charge in [0.15, 0.2) is 0 Å². The van der Waals surface area contributed by atoms with E-state index >= 15 is 0 Å². The molecule has 1 unspecified atom stereocenters. The lowest BCUT2D eigenvalue weighted by atomic mass is 9.77. The molecule has 0 spiro atoms. The molecule has 118 valence electrons. The molecule has 0 aromatic rings. The summed E-state index contributed by atoms with van der Waals surface area (Å²) in [7, 11) is 1.74. The lowest BCUT2D eigenvalue weighted by Crippen LogP contribution is -2.58. The van der Waals surface area contributed by atoms with E-state index in [2.05, 4.69) is 16.0 Å². The normalized spacial score (nSPS) is 15.4. The van der Waals surface area contributed by atoms with Crippen LogP contribution >= 0.6 is 0 Å². The molecule has 0 aromatic carbocycles. The number of likely N-dealkylation sites (N-methyl/N-ethyl adjacent to an activating group) is 2. The number of carbonyl (C=O) groups is 2. The van der Waals surface area contributed by atoms with Crippen molar-refractivity contribution in [1.82, 2.24) is 16.0 Å². The molecule has 20 heavy (non-hydrogen) atoms. The second-order valence-electron chi connectivity index (χ2n) is 7.21. The summed E-state index contributed by atoms with van der Waals surface area (Å²) in [6.07, 6.45) is 0.421. The number of amides is 2. The fourth-order valence-corrected chi connectivity index (χ4v) is 2.11. The van der Waals surface area contributed by atoms with E-state index in [1.54, 1.807) is 7.05 Å². The Balaban J connectivity index is 5.03. The zero-order chi connectivity index (χ0) is 16.2. The van der Waals surface area contributed by atoms with Crippen molar-refractivity contribution in [3.8, 4) is 0 Å². The molecular weight excluding hydrogens is 254 g/mol. The molecule has 0 saturated heterocycles. The first-order chi connectivity index (χ1) is 8.88. The molecule has 5 nitrogen and oxygen atoms in total. The van der Waals surface area contributed by atoms with E-state index in [0.29, 0.717) is 13.0 Å². The first kappa shape index (κ1) is 18.9. The van der Waals surface area contributed by atoms with Crippen molar-refractivity contribution in [3.05, 3.63) is 0 Å². The number of nitrogens with one attached hydrogen (secondary N) is 3. The van der Waals surface area contributed by atoms with Crippen LogP contribution in [0.3, 0.4) is 0 Å². The summed E-state index contributed by atoms with van der Waals surface area (Å²) in [4.78, 5) is 24.6. The minimum atomic E-state index is -0.769. The first-order valence-electron chi connectivity index (χ1n) is 7.18. The first-order valence-corrected chi connectivity index (χ1v) is 7.18. The van der Waals surface area contributed by atoms with Crippen LogP contribution in [0.4, 0.5) is 0 Å². The zero-order valence-corrected chi connectivity index (χ0v) is 14.2. The van der Waals surface area contributed by atoms with Gasteiger partial charge in [-0.05, 0) is 48.1 Å². The van der Waals surface area contributed by atoms with Gasteiger partial charge in [-0.1, -0.05) is 13.8 Å². The van der Waals surface area contributed by atoms with Crippen molar-refractivity contribution in [2.24, 2.45) is 5.41 Å². The van der Waals surface area contributed by atoms with Crippen LogP contribution in [0.1, 0.15) is 54.9 Å². The van der Waals surface area contributed by atoms with Gasteiger partial charge in [0.25, 0.3) is 0 Å². The molecule has 0 heterocycles. The summed E-state index contributed by atoms with van der Waals surface area (Å²) in [5, 5.41) is 8.84. The Hall–Kier alpha value is -1.10. The van der Waals surface area contributed by atoms with Crippen molar-refractivity contribution in [2.45, 2.75) is 66.0 Å². The van der Waals surface area contributed by atoms with Crippen LogP contribution < -0.4 is 16.0 Å². The SMILES string of the molecule is CCNC(=O)C(C)(CC(C)(C)C(=O)NC(C)(C)C)NC. The summed E-state index contributed by atoms with van der Waals surface area (Å²) in [5.74, 6) is -0.130. The third-order valence-corrected chi connectivity index (χ3v) is 3.29. The van der Waals surface area contributed by atoms with Gasteiger partial charge in [-0.25, -0.2) is 0 Å². The molecule has 0 aliphatic rings. The summed E-state index contributed by atoms with van der Waals surface area (Å²) in [5.41, 5.74) is -1.69. The third kappa shape index (κ3) is 5.49. The average molecular weight is 285 g/mol. The van der Waals surface area contributed by atoms with Crippen LogP contribution in [0.5, 0.6) is 0 Å². The second-order valence-corrected chi connectivity index (χ2v) is 7.21. The lowest BCUT2D eigenvalue weighted by Gasteiger charge is -2.37. The van der Waals surface area contributed by atoms with E-state index < -0.39 is 11.0 Å². The standard InChI is InChI=1S/C15H31N3O2/c1-9-17-12(20)15(7,16-8)10-14(5,6)11(19)18-13(2,3)4/h16H,9-10H2,1-8H3,(H,17,20)(H,18,19). The molecule has 3 N–H and O–H groups in total. The molecule has 0 aliphatic carbocycles. The Morgan fingerprint density at radius 2 is 1.45 bits per heavy atom. The molecule has 0 aromatic heterocycles. The van der Waals surface area contributed by atoms with E-state index in [4.69, 9.17) is 0 Å². The van der Waals surface area contributed by atoms with Crippen molar-refractivity contribution in [2.75, 3.05) is 13.6 Å². The van der Waals surface area contributed by atoms with Gasteiger partial charge in [0.2, 0.25) is 11.8 Å². The zero-order valence-electron chi connectivity index (χ0n) is 14.2. The molecule has 0 radical (unpaired) electrons. The van der Waals surface area contributed by atoms with Crippen molar-refractivity contribution < 1.29 is 9.59 Å². The number of hydrogen-bond donors (Lipinski definition) is 3. The molecule has 0 fully saturated rings. The smallest absolute Gasteiger partial charge is 0.240 e. The molecule has 2 amide bonds. The maximum absolute atomic E-state index is 12.4. The maximum atomic E-state index is 12.4. The third-order valence-electron chi connectivity index (χ3n) is 3.29. The summed E-state index contributed by atoms with van der Waals surface area (Å²) < 4.78 is 0. The van der Waals surface area contributed by atoms with Gasteiger partial charge in [0, 0.05) is 17.5 Å². The molecule has 1 atom stereocenters. The quantitative estimate of drug-likeness (QED) is 0.691. The van der Waals surface area contributed by atoms with E-state index in [9.17, 15) is 9.59 Å². The largest absolute Gasteiger partial charge is 0.355 e.